The summed E-state index contributed by atoms with van der Waals surface area (Å²) in [4.78, 5) is 0. The Hall–Kier alpha value is 0. The second kappa shape index (κ2) is 12.5. The highest BCUT2D eigenvalue weighted by molar-refractivity contribution is 4.88. The average Bonchev–Trinajstić information content (AvgIpc) is 2.69. The molecular formula is C26H50. The highest BCUT2D eigenvalue weighted by Crippen LogP contribution is 2.49. The van der Waals surface area contributed by atoms with Crippen LogP contribution in [0.15, 0.2) is 0 Å². The van der Waals surface area contributed by atoms with Gasteiger partial charge in [-0.15, -0.1) is 0 Å². The summed E-state index contributed by atoms with van der Waals surface area (Å²) >= 11 is 0. The molecule has 0 nitrogen and oxygen atoms in total. The second-order valence-electron chi connectivity index (χ2n) is 10.1. The minimum absolute atomic E-state index is 0.737. The van der Waals surface area contributed by atoms with Crippen LogP contribution >= 0.6 is 0 Å². The number of rotatable bonds is 12. The first-order valence-corrected chi connectivity index (χ1v) is 12.7. The lowest BCUT2D eigenvalue weighted by Crippen LogP contribution is -2.31. The SMILES string of the molecule is CCCCCCCC1CCC(C2CCC(CC)(CCCCC)CC2)CC1. The highest BCUT2D eigenvalue weighted by Gasteiger charge is 2.36. The predicted octanol–water partition coefficient (Wildman–Crippen LogP) is 9.32. The molecule has 0 amide bonds. The Kier molecular flexibility index (Phi) is 10.7. The zero-order valence-corrected chi connectivity index (χ0v) is 18.7. The lowest BCUT2D eigenvalue weighted by Gasteiger charge is -2.44. The molecule has 2 rings (SSSR count). The Bertz CT molecular complexity index is 328. The van der Waals surface area contributed by atoms with Crippen LogP contribution in [0.1, 0.15) is 143 Å². The predicted molar refractivity (Wildman–Crippen MR) is 118 cm³/mol. The van der Waals surface area contributed by atoms with Gasteiger partial charge < -0.3 is 0 Å². The van der Waals surface area contributed by atoms with Crippen molar-refractivity contribution >= 4 is 0 Å². The molecule has 154 valence electrons. The molecule has 0 radical (unpaired) electrons. The highest BCUT2D eigenvalue weighted by atomic mass is 14.4. The van der Waals surface area contributed by atoms with Crippen molar-refractivity contribution in [3.05, 3.63) is 0 Å². The maximum absolute atomic E-state index is 2.47. The summed E-state index contributed by atoms with van der Waals surface area (Å²) in [7, 11) is 0. The normalized spacial score (nSPS) is 32.7. The van der Waals surface area contributed by atoms with Crippen LogP contribution < -0.4 is 0 Å². The van der Waals surface area contributed by atoms with Crippen molar-refractivity contribution in [3.8, 4) is 0 Å². The van der Waals surface area contributed by atoms with E-state index in [1.807, 2.05) is 0 Å². The van der Waals surface area contributed by atoms with E-state index in [9.17, 15) is 0 Å². The van der Waals surface area contributed by atoms with E-state index in [2.05, 4.69) is 20.8 Å². The molecule has 0 aromatic carbocycles. The molecule has 2 saturated carbocycles. The molecule has 0 heterocycles. The molecule has 0 bridgehead atoms. The van der Waals surface area contributed by atoms with Gasteiger partial charge in [-0.05, 0) is 68.1 Å². The van der Waals surface area contributed by atoms with Gasteiger partial charge in [-0.3, -0.25) is 0 Å². The number of unbranched alkanes of at least 4 members (excludes halogenated alkanes) is 6. The fourth-order valence-electron chi connectivity index (χ4n) is 6.24. The summed E-state index contributed by atoms with van der Waals surface area (Å²) in [6, 6.07) is 0. The Morgan fingerprint density at radius 1 is 0.615 bits per heavy atom. The van der Waals surface area contributed by atoms with Crippen LogP contribution in [-0.4, -0.2) is 0 Å². The van der Waals surface area contributed by atoms with Gasteiger partial charge in [-0.25, -0.2) is 0 Å². The van der Waals surface area contributed by atoms with Crippen molar-refractivity contribution in [1.29, 1.82) is 0 Å². The Morgan fingerprint density at radius 2 is 1.19 bits per heavy atom. The molecule has 0 heteroatoms. The van der Waals surface area contributed by atoms with Gasteiger partial charge >= 0.3 is 0 Å². The van der Waals surface area contributed by atoms with E-state index in [0.29, 0.717) is 0 Å². The summed E-state index contributed by atoms with van der Waals surface area (Å²) in [5.74, 6) is 3.27. The van der Waals surface area contributed by atoms with Gasteiger partial charge in [0.1, 0.15) is 0 Å². The van der Waals surface area contributed by atoms with E-state index < -0.39 is 0 Å². The van der Waals surface area contributed by atoms with Crippen molar-refractivity contribution in [1.82, 2.24) is 0 Å². The maximum Gasteiger partial charge on any atom is -0.0300 e. The molecule has 0 atom stereocenters. The Morgan fingerprint density at radius 3 is 1.81 bits per heavy atom. The minimum atomic E-state index is 0.737. The third kappa shape index (κ3) is 7.20. The fourth-order valence-corrected chi connectivity index (χ4v) is 6.24. The third-order valence-corrected chi connectivity index (χ3v) is 8.43. The van der Waals surface area contributed by atoms with Crippen LogP contribution in [0.25, 0.3) is 0 Å². The summed E-state index contributed by atoms with van der Waals surface area (Å²) in [5.41, 5.74) is 0.737. The summed E-state index contributed by atoms with van der Waals surface area (Å²) < 4.78 is 0. The van der Waals surface area contributed by atoms with Gasteiger partial charge in [0.05, 0.1) is 0 Å². The van der Waals surface area contributed by atoms with Crippen LogP contribution in [0, 0.1) is 23.2 Å². The van der Waals surface area contributed by atoms with Gasteiger partial charge in [0.2, 0.25) is 0 Å². The first kappa shape index (κ1) is 22.3. The largest absolute Gasteiger partial charge is 0.0654 e. The summed E-state index contributed by atoms with van der Waals surface area (Å²) in [6.45, 7) is 7.14. The molecular weight excluding hydrogens is 312 g/mol. The van der Waals surface area contributed by atoms with Crippen LogP contribution in [0.4, 0.5) is 0 Å². The Labute approximate surface area is 166 Å². The third-order valence-electron chi connectivity index (χ3n) is 8.43. The standard InChI is InChI=1S/C26H50/c1-4-7-9-10-11-13-23-14-16-24(17-15-23)25-18-21-26(6-3,22-19-25)20-12-8-5-2/h23-25H,4-22H2,1-3H3. The topological polar surface area (TPSA) is 0 Å². The van der Waals surface area contributed by atoms with Crippen LogP contribution in [0.5, 0.6) is 0 Å². The van der Waals surface area contributed by atoms with E-state index in [1.54, 1.807) is 51.4 Å². The van der Waals surface area contributed by atoms with E-state index in [0.717, 1.165) is 23.2 Å². The molecule has 2 fully saturated rings. The molecule has 0 saturated heterocycles. The van der Waals surface area contributed by atoms with Gasteiger partial charge in [0.25, 0.3) is 0 Å². The maximum atomic E-state index is 2.47. The second-order valence-corrected chi connectivity index (χ2v) is 10.1. The van der Waals surface area contributed by atoms with Gasteiger partial charge in [0, 0.05) is 0 Å². The van der Waals surface area contributed by atoms with Crippen LogP contribution in [-0.2, 0) is 0 Å². The first-order valence-electron chi connectivity index (χ1n) is 12.7. The lowest BCUT2D eigenvalue weighted by molar-refractivity contribution is 0.0798. The van der Waals surface area contributed by atoms with E-state index >= 15 is 0 Å². The minimum Gasteiger partial charge on any atom is -0.0654 e. The van der Waals surface area contributed by atoms with Crippen molar-refractivity contribution in [2.75, 3.05) is 0 Å². The van der Waals surface area contributed by atoms with Gasteiger partial charge in [-0.2, -0.15) is 0 Å². The van der Waals surface area contributed by atoms with Crippen molar-refractivity contribution in [2.45, 2.75) is 143 Å². The van der Waals surface area contributed by atoms with E-state index in [1.165, 1.54) is 70.6 Å². The molecule has 2 aliphatic carbocycles. The molecule has 0 spiro atoms. The van der Waals surface area contributed by atoms with E-state index in [-0.39, 0.29) is 0 Å². The smallest absolute Gasteiger partial charge is 0.0300 e. The zero-order valence-electron chi connectivity index (χ0n) is 18.7. The number of hydrogen-bond acceptors (Lipinski definition) is 0. The molecule has 0 unspecified atom stereocenters. The lowest BCUT2D eigenvalue weighted by atomic mass is 9.62. The van der Waals surface area contributed by atoms with Crippen LogP contribution in [0.3, 0.4) is 0 Å². The average molecular weight is 363 g/mol. The van der Waals surface area contributed by atoms with Gasteiger partial charge in [-0.1, -0.05) is 97.8 Å². The molecule has 0 aliphatic heterocycles. The van der Waals surface area contributed by atoms with Crippen molar-refractivity contribution in [3.63, 3.8) is 0 Å². The molecule has 26 heavy (non-hydrogen) atoms. The van der Waals surface area contributed by atoms with Gasteiger partial charge in [0.15, 0.2) is 0 Å². The molecule has 0 aromatic rings. The van der Waals surface area contributed by atoms with Crippen molar-refractivity contribution < 1.29 is 0 Å². The number of hydrogen-bond donors (Lipinski definition) is 0. The summed E-state index contributed by atoms with van der Waals surface area (Å²) in [6.07, 6.45) is 28.6. The molecule has 0 aromatic heterocycles. The summed E-state index contributed by atoms with van der Waals surface area (Å²) in [5, 5.41) is 0. The first-order chi connectivity index (χ1) is 12.7. The molecule has 0 N–H and O–H groups in total. The quantitative estimate of drug-likeness (QED) is 0.303. The van der Waals surface area contributed by atoms with Crippen molar-refractivity contribution in [2.24, 2.45) is 23.2 Å². The Balaban J connectivity index is 1.63. The fraction of sp³-hybridized carbons (Fsp3) is 1.00. The zero-order chi connectivity index (χ0) is 18.7. The van der Waals surface area contributed by atoms with E-state index in [4.69, 9.17) is 0 Å². The van der Waals surface area contributed by atoms with Crippen LogP contribution in [0.2, 0.25) is 0 Å². The molecule has 2 aliphatic rings. The monoisotopic (exact) mass is 362 g/mol.